The first-order chi connectivity index (χ1) is 10.3. The zero-order chi connectivity index (χ0) is 14.0. The molecule has 1 heteroatoms. The van der Waals surface area contributed by atoms with Crippen molar-refractivity contribution in [2.75, 3.05) is 0 Å². The van der Waals surface area contributed by atoms with Crippen LogP contribution in [0.15, 0.2) is 24.3 Å². The third kappa shape index (κ3) is 1.62. The Balaban J connectivity index is 1.62. The third-order valence-electron chi connectivity index (χ3n) is 7.07. The lowest BCUT2D eigenvalue weighted by atomic mass is 9.43. The van der Waals surface area contributed by atoms with Crippen LogP contribution in [0.25, 0.3) is 0 Å². The molecule has 1 unspecified atom stereocenters. The van der Waals surface area contributed by atoms with Gasteiger partial charge in [-0.25, -0.2) is 0 Å². The van der Waals surface area contributed by atoms with Crippen molar-refractivity contribution in [2.24, 2.45) is 29.1 Å². The molecular formula is C20H24O. The summed E-state index contributed by atoms with van der Waals surface area (Å²) < 4.78 is 0. The smallest absolute Gasteiger partial charge is 0.129 e. The average molecular weight is 280 g/mol. The highest BCUT2D eigenvalue weighted by atomic mass is 16.3. The van der Waals surface area contributed by atoms with Crippen LogP contribution in [0.1, 0.15) is 49.7 Å². The summed E-state index contributed by atoms with van der Waals surface area (Å²) in [7, 11) is 0. The molecule has 0 heterocycles. The summed E-state index contributed by atoms with van der Waals surface area (Å²) in [6.07, 6.45) is 12.4. The fourth-order valence-electron chi connectivity index (χ4n) is 6.37. The Morgan fingerprint density at radius 3 is 2.81 bits per heavy atom. The Kier molecular flexibility index (Phi) is 2.63. The highest BCUT2D eigenvalue weighted by Gasteiger charge is 2.60. The minimum absolute atomic E-state index is 0.0834. The average Bonchev–Trinajstić information content (AvgIpc) is 2.63. The van der Waals surface area contributed by atoms with Crippen LogP contribution in [0, 0.1) is 41.6 Å². The van der Waals surface area contributed by atoms with Crippen molar-refractivity contribution in [3.63, 3.8) is 0 Å². The second-order valence-electron chi connectivity index (χ2n) is 7.96. The van der Waals surface area contributed by atoms with Crippen LogP contribution in [-0.4, -0.2) is 5.11 Å². The lowest BCUT2D eigenvalue weighted by molar-refractivity contribution is -0.0955. The molecule has 0 aliphatic heterocycles. The van der Waals surface area contributed by atoms with Gasteiger partial charge in [0.15, 0.2) is 0 Å². The van der Waals surface area contributed by atoms with Gasteiger partial charge >= 0.3 is 0 Å². The molecule has 0 amide bonds. The van der Waals surface area contributed by atoms with Crippen molar-refractivity contribution in [3.05, 3.63) is 47.9 Å². The molecule has 1 aromatic rings. The lowest BCUT2D eigenvalue weighted by Crippen LogP contribution is -2.55. The third-order valence-corrected chi connectivity index (χ3v) is 7.07. The van der Waals surface area contributed by atoms with Crippen LogP contribution in [0.5, 0.6) is 0 Å². The number of aryl methyl sites for hydroxylation is 1. The number of hydrogen-bond acceptors (Lipinski definition) is 1. The zero-order valence-electron chi connectivity index (χ0n) is 12.6. The van der Waals surface area contributed by atoms with Gasteiger partial charge in [0.25, 0.3) is 0 Å². The summed E-state index contributed by atoms with van der Waals surface area (Å²) >= 11 is 0. The summed E-state index contributed by atoms with van der Waals surface area (Å²) in [6, 6.07) is 8.58. The van der Waals surface area contributed by atoms with E-state index < -0.39 is 0 Å². The van der Waals surface area contributed by atoms with E-state index in [1.54, 1.807) is 0 Å². The van der Waals surface area contributed by atoms with E-state index in [1.807, 2.05) is 0 Å². The minimum atomic E-state index is 0.0834. The number of fused-ring (bicyclic) bond motifs is 1. The molecular weight excluding hydrogens is 256 g/mol. The highest BCUT2D eigenvalue weighted by Crippen LogP contribution is 2.67. The van der Waals surface area contributed by atoms with Gasteiger partial charge in [0.05, 0.1) is 0 Å². The molecule has 4 saturated carbocycles. The Morgan fingerprint density at radius 1 is 1.05 bits per heavy atom. The summed E-state index contributed by atoms with van der Waals surface area (Å²) in [5.74, 6) is 3.17. The van der Waals surface area contributed by atoms with Crippen LogP contribution < -0.4 is 0 Å². The molecule has 21 heavy (non-hydrogen) atoms. The maximum atomic E-state index is 11.3. The van der Waals surface area contributed by atoms with E-state index in [-0.39, 0.29) is 5.41 Å². The number of aliphatic hydroxyl groups is 1. The van der Waals surface area contributed by atoms with Crippen LogP contribution in [0.2, 0.25) is 0 Å². The van der Waals surface area contributed by atoms with Gasteiger partial charge in [0.2, 0.25) is 0 Å². The van der Waals surface area contributed by atoms with E-state index in [2.05, 4.69) is 30.7 Å². The lowest BCUT2D eigenvalue weighted by Gasteiger charge is -2.62. The molecule has 5 aliphatic rings. The van der Waals surface area contributed by atoms with Crippen LogP contribution in [-0.2, 0) is 6.42 Å². The normalized spacial score (nSPS) is 44.8. The molecule has 110 valence electrons. The topological polar surface area (TPSA) is 20.2 Å². The number of hydrogen-bond donors (Lipinski definition) is 1. The van der Waals surface area contributed by atoms with Gasteiger partial charge in [-0.2, -0.15) is 0 Å². The van der Waals surface area contributed by atoms with Crippen molar-refractivity contribution in [1.29, 1.82) is 0 Å². The SMILES string of the molecule is O[C]1c2ccccc2CCCC12[C@@H]1C[C@@H]3[CH][C@H]2C[C@@H](C3)C1. The van der Waals surface area contributed by atoms with Gasteiger partial charge in [0, 0.05) is 5.41 Å². The maximum Gasteiger partial charge on any atom is 0.129 e. The Labute approximate surface area is 127 Å². The quantitative estimate of drug-likeness (QED) is 0.740. The summed E-state index contributed by atoms with van der Waals surface area (Å²) in [4.78, 5) is 0. The molecule has 1 aromatic carbocycles. The van der Waals surface area contributed by atoms with Crippen LogP contribution in [0.4, 0.5) is 0 Å². The Bertz CT molecular complexity index is 533. The molecule has 1 nitrogen and oxygen atoms in total. The first kappa shape index (κ1) is 12.7. The van der Waals surface area contributed by atoms with Crippen molar-refractivity contribution in [1.82, 2.24) is 0 Å². The Morgan fingerprint density at radius 2 is 1.95 bits per heavy atom. The van der Waals surface area contributed by atoms with Crippen molar-refractivity contribution < 1.29 is 5.11 Å². The van der Waals surface area contributed by atoms with Gasteiger partial charge in [-0.05, 0) is 86.2 Å². The molecule has 0 saturated heterocycles. The monoisotopic (exact) mass is 280 g/mol. The van der Waals surface area contributed by atoms with Crippen LogP contribution in [0.3, 0.4) is 0 Å². The molecule has 5 aliphatic carbocycles. The van der Waals surface area contributed by atoms with E-state index in [9.17, 15) is 5.11 Å². The predicted octanol–water partition coefficient (Wildman–Crippen LogP) is 4.53. The van der Waals surface area contributed by atoms with Gasteiger partial charge in [0.1, 0.15) is 6.10 Å². The number of rotatable bonds is 0. The van der Waals surface area contributed by atoms with E-state index in [4.69, 9.17) is 0 Å². The maximum absolute atomic E-state index is 11.3. The summed E-state index contributed by atoms with van der Waals surface area (Å²) in [5.41, 5.74) is 2.61. The molecule has 4 fully saturated rings. The summed E-state index contributed by atoms with van der Waals surface area (Å²) in [5, 5.41) is 11.3. The number of benzene rings is 1. The standard InChI is InChI=1S/C20H24O/c21-19-18-6-2-1-4-15(18)5-3-7-20(19)16-9-13-8-14(11-16)12-17(20)10-13/h1-2,4,6,9,13-14,16-17,21H,3,5,7-8,10-12H2/t13-,14+,16-,17+,20?/m0/s1. The largest absolute Gasteiger partial charge is 0.381 e. The second-order valence-corrected chi connectivity index (χ2v) is 7.96. The van der Waals surface area contributed by atoms with E-state index in [0.717, 1.165) is 35.8 Å². The molecule has 0 aromatic heterocycles. The van der Waals surface area contributed by atoms with Crippen molar-refractivity contribution in [3.8, 4) is 0 Å². The van der Waals surface area contributed by atoms with Gasteiger partial charge in [-0.1, -0.05) is 24.3 Å². The number of aliphatic hydroxyl groups excluding tert-OH is 1. The van der Waals surface area contributed by atoms with E-state index in [1.165, 1.54) is 44.1 Å². The first-order valence-corrected chi connectivity index (χ1v) is 8.77. The predicted molar refractivity (Wildman–Crippen MR) is 82.8 cm³/mol. The molecule has 1 spiro atoms. The van der Waals surface area contributed by atoms with Crippen molar-refractivity contribution >= 4 is 0 Å². The highest BCUT2D eigenvalue weighted by molar-refractivity contribution is 5.42. The molecule has 5 atom stereocenters. The first-order valence-electron chi connectivity index (χ1n) is 8.77. The van der Waals surface area contributed by atoms with Crippen molar-refractivity contribution in [2.45, 2.75) is 44.9 Å². The van der Waals surface area contributed by atoms with Gasteiger partial charge < -0.3 is 5.11 Å². The van der Waals surface area contributed by atoms with E-state index in [0.29, 0.717) is 5.92 Å². The zero-order valence-corrected chi connectivity index (χ0v) is 12.6. The molecule has 2 radical (unpaired) electrons. The Hall–Kier alpha value is -0.820. The fraction of sp³-hybridized carbons (Fsp3) is 0.600. The van der Waals surface area contributed by atoms with Gasteiger partial charge in [-0.15, -0.1) is 0 Å². The molecule has 4 bridgehead atoms. The van der Waals surface area contributed by atoms with Gasteiger partial charge in [-0.3, -0.25) is 0 Å². The minimum Gasteiger partial charge on any atom is -0.381 e. The fourth-order valence-corrected chi connectivity index (χ4v) is 6.37. The van der Waals surface area contributed by atoms with Crippen LogP contribution >= 0.6 is 0 Å². The van der Waals surface area contributed by atoms with E-state index >= 15 is 0 Å². The summed E-state index contributed by atoms with van der Waals surface area (Å²) in [6.45, 7) is 0. The molecule has 1 N–H and O–H groups in total. The second kappa shape index (κ2) is 4.35. The molecule has 6 rings (SSSR count).